The second-order valence-electron chi connectivity index (χ2n) is 5.54. The minimum Gasteiger partial charge on any atom is -0.296 e. The topological polar surface area (TPSA) is 21.1 Å². The Bertz CT molecular complexity index is 358. The molecule has 1 saturated carbocycles. The summed E-state index contributed by atoms with van der Waals surface area (Å²) in [6.45, 7) is 5.25. The van der Waals surface area contributed by atoms with Crippen molar-refractivity contribution in [1.82, 2.24) is 14.7 Å². The third kappa shape index (κ3) is 4.50. The number of hydrogen-bond acceptors (Lipinski definition) is 2. The third-order valence-corrected chi connectivity index (χ3v) is 4.15. The molecule has 0 radical (unpaired) electrons. The summed E-state index contributed by atoms with van der Waals surface area (Å²) < 4.78 is 2.18. The molecule has 0 N–H and O–H groups in total. The van der Waals surface area contributed by atoms with Crippen molar-refractivity contribution in [3.8, 4) is 0 Å². The molecule has 0 spiro atoms. The van der Waals surface area contributed by atoms with E-state index in [1.54, 1.807) is 0 Å². The normalized spacial score (nSPS) is 16.6. The SMILES string of the molecule is CCCCN(CCCl)Cc1ccn(C2CCCC2)n1. The molecule has 0 atom stereocenters. The van der Waals surface area contributed by atoms with Gasteiger partial charge < -0.3 is 0 Å². The summed E-state index contributed by atoms with van der Waals surface area (Å²) in [6, 6.07) is 2.82. The minimum atomic E-state index is 0.644. The zero-order valence-corrected chi connectivity index (χ0v) is 12.8. The van der Waals surface area contributed by atoms with Crippen molar-refractivity contribution >= 4 is 11.6 Å². The van der Waals surface area contributed by atoms with Crippen molar-refractivity contribution in [1.29, 1.82) is 0 Å². The second kappa shape index (κ2) is 7.91. The monoisotopic (exact) mass is 283 g/mol. The van der Waals surface area contributed by atoms with Gasteiger partial charge in [-0.15, -0.1) is 11.6 Å². The van der Waals surface area contributed by atoms with E-state index >= 15 is 0 Å². The summed E-state index contributed by atoms with van der Waals surface area (Å²) in [6.07, 6.45) is 9.92. The van der Waals surface area contributed by atoms with Crippen LogP contribution in [0.15, 0.2) is 12.3 Å². The number of hydrogen-bond donors (Lipinski definition) is 0. The average molecular weight is 284 g/mol. The third-order valence-electron chi connectivity index (χ3n) is 3.98. The lowest BCUT2D eigenvalue weighted by Gasteiger charge is -2.19. The lowest BCUT2D eigenvalue weighted by molar-refractivity contribution is 0.272. The standard InChI is InChI=1S/C15H26ClN3/c1-2-3-10-18(12-9-16)13-14-8-11-19(17-14)15-6-4-5-7-15/h8,11,15H,2-7,9-10,12-13H2,1H3. The molecule has 0 saturated heterocycles. The largest absolute Gasteiger partial charge is 0.296 e. The van der Waals surface area contributed by atoms with Gasteiger partial charge in [0, 0.05) is 25.2 Å². The molecule has 1 aliphatic rings. The second-order valence-corrected chi connectivity index (χ2v) is 5.92. The molecule has 108 valence electrons. The summed E-state index contributed by atoms with van der Waals surface area (Å²) in [7, 11) is 0. The van der Waals surface area contributed by atoms with Crippen molar-refractivity contribution in [2.75, 3.05) is 19.0 Å². The van der Waals surface area contributed by atoms with Crippen molar-refractivity contribution in [2.24, 2.45) is 0 Å². The number of alkyl halides is 1. The summed E-state index contributed by atoms with van der Waals surface area (Å²) in [4.78, 5) is 2.41. The molecule has 0 amide bonds. The van der Waals surface area contributed by atoms with Crippen LogP contribution < -0.4 is 0 Å². The summed E-state index contributed by atoms with van der Waals surface area (Å²) >= 11 is 5.88. The smallest absolute Gasteiger partial charge is 0.0764 e. The zero-order chi connectivity index (χ0) is 13.5. The van der Waals surface area contributed by atoms with Gasteiger partial charge >= 0.3 is 0 Å². The molecular weight excluding hydrogens is 258 g/mol. The summed E-state index contributed by atoms with van der Waals surface area (Å²) in [5, 5.41) is 4.75. The maximum absolute atomic E-state index is 5.88. The van der Waals surface area contributed by atoms with Crippen LogP contribution in [0.5, 0.6) is 0 Å². The Morgan fingerprint density at radius 1 is 1.37 bits per heavy atom. The average Bonchev–Trinajstić information content (AvgIpc) is 3.06. The number of aromatic nitrogens is 2. The molecule has 0 bridgehead atoms. The van der Waals surface area contributed by atoms with E-state index in [0.717, 1.165) is 19.6 Å². The van der Waals surface area contributed by atoms with Crippen LogP contribution >= 0.6 is 11.6 Å². The van der Waals surface area contributed by atoms with Crippen LogP contribution in [0.3, 0.4) is 0 Å². The molecule has 1 fully saturated rings. The zero-order valence-electron chi connectivity index (χ0n) is 12.0. The molecule has 2 rings (SSSR count). The van der Waals surface area contributed by atoms with E-state index < -0.39 is 0 Å². The van der Waals surface area contributed by atoms with Gasteiger partial charge in [0.2, 0.25) is 0 Å². The first kappa shape index (κ1) is 14.9. The molecule has 4 heteroatoms. The van der Waals surface area contributed by atoms with Crippen LogP contribution in [0, 0.1) is 0 Å². The predicted octanol–water partition coefficient (Wildman–Crippen LogP) is 3.84. The Morgan fingerprint density at radius 3 is 2.84 bits per heavy atom. The summed E-state index contributed by atoms with van der Waals surface area (Å²) in [5.74, 6) is 0.701. The molecule has 1 aromatic heterocycles. The highest BCUT2D eigenvalue weighted by Gasteiger charge is 2.17. The molecule has 1 aromatic rings. The fourth-order valence-corrected chi connectivity index (χ4v) is 3.07. The van der Waals surface area contributed by atoms with E-state index in [4.69, 9.17) is 16.7 Å². The maximum Gasteiger partial charge on any atom is 0.0764 e. The van der Waals surface area contributed by atoms with Crippen molar-refractivity contribution in [3.05, 3.63) is 18.0 Å². The fraction of sp³-hybridized carbons (Fsp3) is 0.800. The first-order valence-electron chi connectivity index (χ1n) is 7.66. The van der Waals surface area contributed by atoms with Crippen molar-refractivity contribution in [3.63, 3.8) is 0 Å². The van der Waals surface area contributed by atoms with Gasteiger partial charge in [-0.3, -0.25) is 9.58 Å². The van der Waals surface area contributed by atoms with E-state index in [1.165, 1.54) is 44.2 Å². The first-order valence-corrected chi connectivity index (χ1v) is 8.19. The number of halogens is 1. The van der Waals surface area contributed by atoms with Gasteiger partial charge in [-0.25, -0.2) is 0 Å². The Labute approximate surface area is 121 Å². The number of nitrogens with zero attached hydrogens (tertiary/aromatic N) is 3. The van der Waals surface area contributed by atoms with Crippen LogP contribution in [-0.2, 0) is 6.54 Å². The van der Waals surface area contributed by atoms with Gasteiger partial charge in [-0.2, -0.15) is 5.10 Å². The number of unbranched alkanes of at least 4 members (excludes halogenated alkanes) is 1. The van der Waals surface area contributed by atoms with E-state index in [2.05, 4.69) is 28.8 Å². The Kier molecular flexibility index (Phi) is 6.18. The number of rotatable bonds is 8. The van der Waals surface area contributed by atoms with Crippen LogP contribution in [-0.4, -0.2) is 33.6 Å². The Morgan fingerprint density at radius 2 is 2.16 bits per heavy atom. The van der Waals surface area contributed by atoms with E-state index in [1.807, 2.05) is 0 Å². The van der Waals surface area contributed by atoms with Gasteiger partial charge in [-0.1, -0.05) is 26.2 Å². The van der Waals surface area contributed by atoms with Crippen molar-refractivity contribution < 1.29 is 0 Å². The molecule has 19 heavy (non-hydrogen) atoms. The molecule has 1 aliphatic carbocycles. The van der Waals surface area contributed by atoms with Gasteiger partial charge in [0.1, 0.15) is 0 Å². The van der Waals surface area contributed by atoms with Crippen LogP contribution in [0.1, 0.15) is 57.2 Å². The van der Waals surface area contributed by atoms with Gasteiger partial charge in [-0.05, 0) is 31.9 Å². The lowest BCUT2D eigenvalue weighted by Crippen LogP contribution is -2.26. The lowest BCUT2D eigenvalue weighted by atomic mass is 10.3. The molecule has 1 heterocycles. The highest BCUT2D eigenvalue weighted by Crippen LogP contribution is 2.28. The van der Waals surface area contributed by atoms with Gasteiger partial charge in [0.15, 0.2) is 0 Å². The van der Waals surface area contributed by atoms with Crippen LogP contribution in [0.2, 0.25) is 0 Å². The van der Waals surface area contributed by atoms with E-state index in [-0.39, 0.29) is 0 Å². The Balaban J connectivity index is 1.89. The van der Waals surface area contributed by atoms with Crippen LogP contribution in [0.25, 0.3) is 0 Å². The van der Waals surface area contributed by atoms with Gasteiger partial charge in [0.25, 0.3) is 0 Å². The first-order chi connectivity index (χ1) is 9.33. The molecule has 0 unspecified atom stereocenters. The highest BCUT2D eigenvalue weighted by molar-refractivity contribution is 6.18. The molecule has 3 nitrogen and oxygen atoms in total. The van der Waals surface area contributed by atoms with Crippen LogP contribution in [0.4, 0.5) is 0 Å². The predicted molar refractivity (Wildman–Crippen MR) is 80.6 cm³/mol. The minimum absolute atomic E-state index is 0.644. The summed E-state index contributed by atoms with van der Waals surface area (Å²) in [5.41, 5.74) is 1.19. The van der Waals surface area contributed by atoms with Gasteiger partial charge in [0.05, 0.1) is 11.7 Å². The Hall–Kier alpha value is -0.540. The quantitative estimate of drug-likeness (QED) is 0.676. The van der Waals surface area contributed by atoms with E-state index in [0.29, 0.717) is 11.9 Å². The maximum atomic E-state index is 5.88. The molecule has 0 aliphatic heterocycles. The molecular formula is C15H26ClN3. The van der Waals surface area contributed by atoms with Crippen molar-refractivity contribution in [2.45, 2.75) is 58.0 Å². The van der Waals surface area contributed by atoms with E-state index in [9.17, 15) is 0 Å². The fourth-order valence-electron chi connectivity index (χ4n) is 2.83. The highest BCUT2D eigenvalue weighted by atomic mass is 35.5. The molecule has 0 aromatic carbocycles.